The number of hydrogen-bond acceptors (Lipinski definition) is 6. The molecule has 9 nitrogen and oxygen atoms in total. The van der Waals surface area contributed by atoms with Gasteiger partial charge in [0.25, 0.3) is 5.91 Å². The number of hydrogen-bond donors (Lipinski definition) is 0. The summed E-state index contributed by atoms with van der Waals surface area (Å²) in [5.41, 5.74) is -0.412. The maximum absolute atomic E-state index is 12.5. The van der Waals surface area contributed by atoms with Crippen molar-refractivity contribution in [1.82, 2.24) is 24.0 Å². The summed E-state index contributed by atoms with van der Waals surface area (Å²) in [5, 5.41) is 4.06. The fourth-order valence-electron chi connectivity index (χ4n) is 4.19. The van der Waals surface area contributed by atoms with Gasteiger partial charge in [-0.05, 0) is 25.7 Å². The average molecular weight is 371 g/mol. The van der Waals surface area contributed by atoms with Crippen LogP contribution in [0.15, 0.2) is 6.33 Å². The van der Waals surface area contributed by atoms with E-state index in [1.165, 1.54) is 17.3 Å². The van der Waals surface area contributed by atoms with Gasteiger partial charge in [0.05, 0.1) is 12.9 Å². The number of aryl methyl sites for hydroxylation is 1. The molecular formula is C15H25N5O4S. The number of ether oxygens (including phenoxy) is 1. The van der Waals surface area contributed by atoms with Crippen molar-refractivity contribution < 1.29 is 17.9 Å². The van der Waals surface area contributed by atoms with E-state index in [1.54, 1.807) is 23.4 Å². The number of rotatable bonds is 4. The van der Waals surface area contributed by atoms with Gasteiger partial charge in [-0.2, -0.15) is 4.31 Å². The highest BCUT2D eigenvalue weighted by Gasteiger charge is 2.52. The van der Waals surface area contributed by atoms with E-state index in [0.29, 0.717) is 32.5 Å². The highest BCUT2D eigenvalue weighted by molar-refractivity contribution is 7.88. The molecule has 2 saturated heterocycles. The van der Waals surface area contributed by atoms with Crippen LogP contribution in [0.2, 0.25) is 0 Å². The van der Waals surface area contributed by atoms with Gasteiger partial charge in [0.15, 0.2) is 0 Å². The Bertz CT molecular complexity index is 739. The van der Waals surface area contributed by atoms with Crippen molar-refractivity contribution in [1.29, 1.82) is 0 Å². The first-order valence-corrected chi connectivity index (χ1v) is 10.2. The largest absolute Gasteiger partial charge is 0.383 e. The minimum Gasteiger partial charge on any atom is -0.383 e. The Hall–Kier alpha value is -1.52. The standard InChI is InChI=1S/C15H25N5O4S/c1-18-11-16-13(17-18)14(21)19-8-6-15(7-9-19)5-4-12(10-24-2)20(15)25(3,22)23/h11-12H,4-10H2,1-3H3. The van der Waals surface area contributed by atoms with E-state index in [-0.39, 0.29) is 17.8 Å². The zero-order valence-corrected chi connectivity index (χ0v) is 15.7. The molecule has 1 spiro atoms. The number of sulfonamides is 1. The molecule has 0 saturated carbocycles. The van der Waals surface area contributed by atoms with Gasteiger partial charge in [-0.3, -0.25) is 9.48 Å². The zero-order chi connectivity index (χ0) is 18.2. The van der Waals surface area contributed by atoms with Gasteiger partial charge in [-0.1, -0.05) is 0 Å². The SMILES string of the molecule is COCC1CCC2(CCN(C(=O)c3ncn(C)n3)CC2)N1S(C)(=O)=O. The second-order valence-electron chi connectivity index (χ2n) is 6.97. The Morgan fingerprint density at radius 1 is 1.36 bits per heavy atom. The van der Waals surface area contributed by atoms with Crippen molar-refractivity contribution >= 4 is 15.9 Å². The molecule has 1 aromatic rings. The highest BCUT2D eigenvalue weighted by Crippen LogP contribution is 2.43. The Kier molecular flexibility index (Phi) is 4.86. The second-order valence-corrected chi connectivity index (χ2v) is 8.82. The van der Waals surface area contributed by atoms with Crippen molar-refractivity contribution in [2.75, 3.05) is 33.1 Å². The van der Waals surface area contributed by atoms with Crippen LogP contribution in [0.5, 0.6) is 0 Å². The Morgan fingerprint density at radius 2 is 2.04 bits per heavy atom. The summed E-state index contributed by atoms with van der Waals surface area (Å²) in [6.07, 6.45) is 5.60. The highest BCUT2D eigenvalue weighted by atomic mass is 32.2. The van der Waals surface area contributed by atoms with Crippen molar-refractivity contribution in [3.8, 4) is 0 Å². The molecular weight excluding hydrogens is 346 g/mol. The summed E-state index contributed by atoms with van der Waals surface area (Å²) in [6, 6.07) is -0.125. The molecule has 140 valence electrons. The van der Waals surface area contributed by atoms with E-state index in [2.05, 4.69) is 10.1 Å². The number of nitrogens with zero attached hydrogens (tertiary/aromatic N) is 5. The van der Waals surface area contributed by atoms with Gasteiger partial charge in [0, 0.05) is 38.8 Å². The smallest absolute Gasteiger partial charge is 0.293 e. The molecule has 3 rings (SSSR count). The Morgan fingerprint density at radius 3 is 2.56 bits per heavy atom. The molecule has 0 bridgehead atoms. The van der Waals surface area contributed by atoms with E-state index in [4.69, 9.17) is 4.74 Å². The molecule has 1 aromatic heterocycles. The molecule has 0 radical (unpaired) electrons. The van der Waals surface area contributed by atoms with E-state index >= 15 is 0 Å². The molecule has 2 aliphatic heterocycles. The summed E-state index contributed by atoms with van der Waals surface area (Å²) in [7, 11) is -0.0410. The fraction of sp³-hybridized carbons (Fsp3) is 0.800. The normalized spacial score (nSPS) is 24.1. The quantitative estimate of drug-likeness (QED) is 0.731. The molecule has 1 unspecified atom stereocenters. The summed E-state index contributed by atoms with van der Waals surface area (Å²) in [5.74, 6) is -0.0186. The Labute approximate surface area is 148 Å². The topological polar surface area (TPSA) is 97.6 Å². The predicted molar refractivity (Wildman–Crippen MR) is 90.5 cm³/mol. The lowest BCUT2D eigenvalue weighted by Crippen LogP contribution is -2.57. The number of methoxy groups -OCH3 is 1. The number of piperidine rings is 1. The Balaban J connectivity index is 1.74. The van der Waals surface area contributed by atoms with Crippen LogP contribution in [-0.4, -0.2) is 82.9 Å². The zero-order valence-electron chi connectivity index (χ0n) is 14.9. The van der Waals surface area contributed by atoms with Crippen LogP contribution < -0.4 is 0 Å². The van der Waals surface area contributed by atoms with Crippen LogP contribution in [0.1, 0.15) is 36.3 Å². The van der Waals surface area contributed by atoms with Gasteiger partial charge in [0.1, 0.15) is 6.33 Å². The lowest BCUT2D eigenvalue weighted by Gasteiger charge is -2.44. The van der Waals surface area contributed by atoms with Crippen LogP contribution in [0.25, 0.3) is 0 Å². The summed E-state index contributed by atoms with van der Waals surface area (Å²) < 4.78 is 33.2. The summed E-state index contributed by atoms with van der Waals surface area (Å²) in [6.45, 7) is 1.40. The van der Waals surface area contributed by atoms with Crippen molar-refractivity contribution in [3.05, 3.63) is 12.2 Å². The molecule has 1 amide bonds. The minimum atomic E-state index is -3.35. The van der Waals surface area contributed by atoms with Crippen molar-refractivity contribution in [3.63, 3.8) is 0 Å². The van der Waals surface area contributed by atoms with Gasteiger partial charge in [-0.15, -0.1) is 5.10 Å². The fourth-order valence-corrected chi connectivity index (χ4v) is 5.88. The van der Waals surface area contributed by atoms with Crippen LogP contribution in [0.4, 0.5) is 0 Å². The molecule has 25 heavy (non-hydrogen) atoms. The third kappa shape index (κ3) is 3.42. The van der Waals surface area contributed by atoms with Gasteiger partial charge in [0.2, 0.25) is 15.8 Å². The first kappa shape index (κ1) is 18.3. The molecule has 2 fully saturated rings. The van der Waals surface area contributed by atoms with Gasteiger partial charge >= 0.3 is 0 Å². The maximum Gasteiger partial charge on any atom is 0.293 e. The lowest BCUT2D eigenvalue weighted by atomic mass is 9.86. The predicted octanol–water partition coefficient (Wildman–Crippen LogP) is -0.140. The molecule has 10 heteroatoms. The molecule has 2 aliphatic rings. The number of carbonyl (C=O) groups excluding carboxylic acids is 1. The van der Waals surface area contributed by atoms with E-state index in [1.807, 2.05) is 0 Å². The molecule has 3 heterocycles. The number of likely N-dealkylation sites (tertiary alicyclic amines) is 1. The number of aromatic nitrogens is 3. The third-order valence-corrected chi connectivity index (χ3v) is 6.63. The molecule has 0 aromatic carbocycles. The first-order valence-electron chi connectivity index (χ1n) is 8.40. The second kappa shape index (κ2) is 6.65. The van der Waals surface area contributed by atoms with Gasteiger partial charge in [-0.25, -0.2) is 13.4 Å². The average Bonchev–Trinajstić information content (AvgIpc) is 3.12. The lowest BCUT2D eigenvalue weighted by molar-refractivity contribution is 0.0495. The molecule has 0 N–H and O–H groups in total. The van der Waals surface area contributed by atoms with Crippen LogP contribution in [-0.2, 0) is 21.8 Å². The number of carbonyl (C=O) groups is 1. The van der Waals surface area contributed by atoms with Crippen molar-refractivity contribution in [2.45, 2.75) is 37.3 Å². The summed E-state index contributed by atoms with van der Waals surface area (Å²) in [4.78, 5) is 18.2. The van der Waals surface area contributed by atoms with Crippen LogP contribution in [0.3, 0.4) is 0 Å². The van der Waals surface area contributed by atoms with Crippen molar-refractivity contribution in [2.24, 2.45) is 7.05 Å². The molecule has 0 aliphatic carbocycles. The van der Waals surface area contributed by atoms with Crippen LogP contribution in [0, 0.1) is 0 Å². The van der Waals surface area contributed by atoms with E-state index in [9.17, 15) is 13.2 Å². The first-order chi connectivity index (χ1) is 11.8. The van der Waals surface area contributed by atoms with Gasteiger partial charge < -0.3 is 9.64 Å². The minimum absolute atomic E-state index is 0.125. The van der Waals surface area contributed by atoms with E-state index in [0.717, 1.165) is 12.8 Å². The summed E-state index contributed by atoms with van der Waals surface area (Å²) >= 11 is 0. The van der Waals surface area contributed by atoms with Crippen LogP contribution >= 0.6 is 0 Å². The monoisotopic (exact) mass is 371 g/mol. The number of amides is 1. The maximum atomic E-state index is 12.5. The molecule has 1 atom stereocenters. The van der Waals surface area contributed by atoms with E-state index < -0.39 is 15.6 Å². The third-order valence-electron chi connectivity index (χ3n) is 5.23.